The fourth-order valence-corrected chi connectivity index (χ4v) is 2.63. The van der Waals surface area contributed by atoms with Crippen molar-refractivity contribution in [1.29, 1.82) is 0 Å². The summed E-state index contributed by atoms with van der Waals surface area (Å²) in [5.41, 5.74) is 3.42. The highest BCUT2D eigenvalue weighted by atomic mass is 35.5. The van der Waals surface area contributed by atoms with Crippen LogP contribution in [0.15, 0.2) is 16.8 Å². The van der Waals surface area contributed by atoms with Gasteiger partial charge in [-0.2, -0.15) is 10.1 Å². The van der Waals surface area contributed by atoms with Gasteiger partial charge in [0.05, 0.1) is 18.4 Å². The van der Waals surface area contributed by atoms with Crippen molar-refractivity contribution < 1.29 is 9.26 Å². The van der Waals surface area contributed by atoms with Crippen molar-refractivity contribution in [2.75, 3.05) is 19.7 Å². The zero-order valence-electron chi connectivity index (χ0n) is 12.8. The molecule has 0 aromatic carbocycles. The minimum Gasteiger partial charge on any atom is -0.366 e. The Hall–Kier alpha value is -2.03. The highest BCUT2D eigenvalue weighted by Crippen LogP contribution is 2.24. The molecule has 8 nitrogen and oxygen atoms in total. The third-order valence-electron chi connectivity index (χ3n) is 3.66. The van der Waals surface area contributed by atoms with Crippen molar-refractivity contribution in [2.45, 2.75) is 20.0 Å². The number of halogens is 1. The molecular weight excluding hydrogens is 320 g/mol. The fourth-order valence-electron chi connectivity index (χ4n) is 2.63. The Bertz CT molecular complexity index is 824. The quantitative estimate of drug-likeness (QED) is 0.758. The summed E-state index contributed by atoms with van der Waals surface area (Å²) in [6.07, 6.45) is 1.51. The predicted molar refractivity (Wildman–Crippen MR) is 84.6 cm³/mol. The normalized spacial score (nSPS) is 18.1. The number of hydrogen-bond acceptors (Lipinski definition) is 7. The highest BCUT2D eigenvalue weighted by Gasteiger charge is 2.24. The molecule has 0 unspecified atom stereocenters. The predicted octanol–water partition coefficient (Wildman–Crippen LogP) is 1.48. The summed E-state index contributed by atoms with van der Waals surface area (Å²) in [7, 11) is 0. The van der Waals surface area contributed by atoms with Crippen LogP contribution in [0, 0.1) is 13.8 Å². The molecule has 9 heteroatoms. The van der Waals surface area contributed by atoms with E-state index in [9.17, 15) is 0 Å². The third kappa shape index (κ3) is 2.80. The van der Waals surface area contributed by atoms with E-state index < -0.39 is 0 Å². The number of nitrogens with zero attached hydrogens (tertiary/aromatic N) is 5. The van der Waals surface area contributed by atoms with Crippen LogP contribution in [-0.2, 0) is 4.74 Å². The van der Waals surface area contributed by atoms with E-state index in [-0.39, 0.29) is 18.5 Å². The monoisotopic (exact) mass is 336 g/mol. The van der Waals surface area contributed by atoms with Crippen molar-refractivity contribution in [1.82, 2.24) is 30.1 Å². The molecule has 1 fully saturated rings. The summed E-state index contributed by atoms with van der Waals surface area (Å²) in [6.45, 7) is 6.09. The van der Waals surface area contributed by atoms with Crippen molar-refractivity contribution in [3.05, 3.63) is 29.5 Å². The lowest BCUT2D eigenvalue weighted by Crippen LogP contribution is -2.33. The van der Waals surface area contributed by atoms with Gasteiger partial charge in [-0.3, -0.25) is 0 Å². The molecule has 3 aromatic heterocycles. The largest absolute Gasteiger partial charge is 0.366 e. The SMILES string of the molecule is Cc1cc(C)n2ncc(-c3noc([C@@H]4CNCCO4)n3)c2n1.Cl. The molecule has 1 aliphatic rings. The second-order valence-electron chi connectivity index (χ2n) is 5.35. The molecule has 1 aliphatic heterocycles. The van der Waals surface area contributed by atoms with E-state index in [4.69, 9.17) is 9.26 Å². The number of hydrogen-bond donors (Lipinski definition) is 1. The Labute approximate surface area is 138 Å². The standard InChI is InChI=1S/C14H16N6O2.ClH/c1-8-5-9(2)20-13(17-8)10(6-16-20)12-18-14(22-19-12)11-7-15-3-4-21-11;/h5-6,11,15H,3-4,7H2,1-2H3;1H/t11-;/m0./s1. The smallest absolute Gasteiger partial charge is 0.257 e. The number of aryl methyl sites for hydroxylation is 2. The second kappa shape index (κ2) is 6.23. The topological polar surface area (TPSA) is 90.4 Å². The first-order valence-electron chi connectivity index (χ1n) is 7.20. The lowest BCUT2D eigenvalue weighted by Gasteiger charge is -2.19. The molecule has 4 heterocycles. The lowest BCUT2D eigenvalue weighted by atomic mass is 10.3. The minimum absolute atomic E-state index is 0. The number of morpholine rings is 1. The molecule has 1 saturated heterocycles. The van der Waals surface area contributed by atoms with Gasteiger partial charge in [0.15, 0.2) is 5.65 Å². The molecule has 3 aromatic rings. The van der Waals surface area contributed by atoms with Crippen LogP contribution in [0.1, 0.15) is 23.4 Å². The van der Waals surface area contributed by atoms with Crippen molar-refractivity contribution in [3.63, 3.8) is 0 Å². The molecule has 0 saturated carbocycles. The van der Waals surface area contributed by atoms with Crippen molar-refractivity contribution >= 4 is 18.1 Å². The van der Waals surface area contributed by atoms with Gasteiger partial charge in [0.1, 0.15) is 6.10 Å². The maximum absolute atomic E-state index is 5.63. The van der Waals surface area contributed by atoms with Gasteiger partial charge in [0, 0.05) is 24.5 Å². The summed E-state index contributed by atoms with van der Waals surface area (Å²) >= 11 is 0. The summed E-state index contributed by atoms with van der Waals surface area (Å²) in [5.74, 6) is 0.961. The van der Waals surface area contributed by atoms with E-state index >= 15 is 0 Å². The molecule has 0 bridgehead atoms. The maximum Gasteiger partial charge on any atom is 0.257 e. The summed E-state index contributed by atoms with van der Waals surface area (Å²) in [4.78, 5) is 8.98. The molecule has 1 atom stereocenters. The van der Waals surface area contributed by atoms with E-state index in [1.807, 2.05) is 19.9 Å². The van der Waals surface area contributed by atoms with Crippen LogP contribution in [0.3, 0.4) is 0 Å². The van der Waals surface area contributed by atoms with Gasteiger partial charge in [-0.15, -0.1) is 12.4 Å². The van der Waals surface area contributed by atoms with Crippen LogP contribution < -0.4 is 5.32 Å². The van der Waals surface area contributed by atoms with Gasteiger partial charge in [0.2, 0.25) is 5.82 Å². The minimum atomic E-state index is -0.201. The first-order valence-corrected chi connectivity index (χ1v) is 7.20. The molecular formula is C14H17ClN6O2. The first-order chi connectivity index (χ1) is 10.7. The van der Waals surface area contributed by atoms with Gasteiger partial charge in [-0.25, -0.2) is 9.50 Å². The Morgan fingerprint density at radius 3 is 2.96 bits per heavy atom. The number of fused-ring (bicyclic) bond motifs is 1. The second-order valence-corrected chi connectivity index (χ2v) is 5.35. The van der Waals surface area contributed by atoms with E-state index in [1.165, 1.54) is 0 Å². The Morgan fingerprint density at radius 1 is 1.30 bits per heavy atom. The van der Waals surface area contributed by atoms with E-state index in [1.54, 1.807) is 10.7 Å². The van der Waals surface area contributed by atoms with Crippen LogP contribution in [0.25, 0.3) is 17.0 Å². The Morgan fingerprint density at radius 2 is 2.17 bits per heavy atom. The number of ether oxygens (including phenoxy) is 1. The molecule has 1 N–H and O–H groups in total. The van der Waals surface area contributed by atoms with E-state index in [0.717, 1.165) is 29.1 Å². The Balaban J connectivity index is 0.00000156. The average Bonchev–Trinajstić information content (AvgIpc) is 3.14. The van der Waals surface area contributed by atoms with Crippen LogP contribution in [-0.4, -0.2) is 44.4 Å². The maximum atomic E-state index is 5.63. The fraction of sp³-hybridized carbons (Fsp3) is 0.429. The van der Waals surface area contributed by atoms with Gasteiger partial charge in [0.25, 0.3) is 5.89 Å². The third-order valence-corrected chi connectivity index (χ3v) is 3.66. The molecule has 0 aliphatic carbocycles. The summed E-state index contributed by atoms with van der Waals surface area (Å²) in [6, 6.07) is 1.98. The molecule has 0 radical (unpaired) electrons. The number of aromatic nitrogens is 5. The molecule has 4 rings (SSSR count). The van der Waals surface area contributed by atoms with Crippen molar-refractivity contribution in [3.8, 4) is 11.4 Å². The Kier molecular flexibility index (Phi) is 4.29. The average molecular weight is 337 g/mol. The molecule has 23 heavy (non-hydrogen) atoms. The highest BCUT2D eigenvalue weighted by molar-refractivity contribution is 5.85. The van der Waals surface area contributed by atoms with Gasteiger partial charge >= 0.3 is 0 Å². The molecule has 122 valence electrons. The number of rotatable bonds is 2. The zero-order chi connectivity index (χ0) is 15.1. The van der Waals surface area contributed by atoms with Crippen LogP contribution in [0.4, 0.5) is 0 Å². The summed E-state index contributed by atoms with van der Waals surface area (Å²) in [5, 5.41) is 11.6. The van der Waals surface area contributed by atoms with Gasteiger partial charge in [-0.1, -0.05) is 5.16 Å². The van der Waals surface area contributed by atoms with Crippen LogP contribution in [0.5, 0.6) is 0 Å². The van der Waals surface area contributed by atoms with Crippen LogP contribution in [0.2, 0.25) is 0 Å². The van der Waals surface area contributed by atoms with E-state index in [2.05, 4.69) is 25.5 Å². The van der Waals surface area contributed by atoms with Gasteiger partial charge in [-0.05, 0) is 19.9 Å². The molecule has 0 spiro atoms. The molecule has 0 amide bonds. The lowest BCUT2D eigenvalue weighted by molar-refractivity contribution is 0.00755. The first kappa shape index (κ1) is 15.9. The zero-order valence-corrected chi connectivity index (χ0v) is 13.6. The summed E-state index contributed by atoms with van der Waals surface area (Å²) < 4.78 is 12.7. The van der Waals surface area contributed by atoms with Crippen LogP contribution >= 0.6 is 12.4 Å². The van der Waals surface area contributed by atoms with Gasteiger partial charge < -0.3 is 14.6 Å². The number of nitrogens with one attached hydrogen (secondary N) is 1. The van der Waals surface area contributed by atoms with Crippen molar-refractivity contribution in [2.24, 2.45) is 0 Å². The van der Waals surface area contributed by atoms with E-state index in [0.29, 0.717) is 24.9 Å².